The molecule has 0 bridgehead atoms. The minimum atomic E-state index is -0.386. The number of carbonyl (C=O) groups excluding carboxylic acids is 1. The molecular weight excluding hydrogens is 296 g/mol. The standard InChI is InChI=1S/C14H18N2O4.ClH/c1-16(14(17)13-7-15-4-5-18-13)8-10-2-3-11-12(6-10)20-9-19-11;/h2-3,6,13,15H,4-5,7-9H2,1H3;1H. The van der Waals surface area contributed by atoms with E-state index >= 15 is 0 Å². The van der Waals surface area contributed by atoms with Crippen molar-refractivity contribution in [1.29, 1.82) is 0 Å². The molecule has 1 amide bonds. The SMILES string of the molecule is CN(Cc1ccc2c(c1)OCO2)C(=O)C1CNCCO1.Cl. The molecule has 7 heteroatoms. The van der Waals surface area contributed by atoms with Gasteiger partial charge in [-0.25, -0.2) is 0 Å². The first-order chi connectivity index (χ1) is 9.74. The Bertz CT molecular complexity index is 506. The van der Waals surface area contributed by atoms with Gasteiger partial charge in [-0.2, -0.15) is 0 Å². The van der Waals surface area contributed by atoms with E-state index in [2.05, 4.69) is 5.32 Å². The van der Waals surface area contributed by atoms with Crippen LogP contribution in [0.5, 0.6) is 11.5 Å². The summed E-state index contributed by atoms with van der Waals surface area (Å²) >= 11 is 0. The molecule has 2 aliphatic heterocycles. The third kappa shape index (κ3) is 3.58. The van der Waals surface area contributed by atoms with E-state index in [4.69, 9.17) is 14.2 Å². The van der Waals surface area contributed by atoms with Crippen molar-refractivity contribution in [2.24, 2.45) is 0 Å². The molecule has 0 radical (unpaired) electrons. The van der Waals surface area contributed by atoms with Crippen LogP contribution in [-0.4, -0.2) is 50.4 Å². The molecule has 0 spiro atoms. The molecule has 1 aromatic carbocycles. The van der Waals surface area contributed by atoms with Crippen LogP contribution < -0.4 is 14.8 Å². The summed E-state index contributed by atoms with van der Waals surface area (Å²) in [7, 11) is 1.78. The summed E-state index contributed by atoms with van der Waals surface area (Å²) in [6, 6.07) is 5.72. The van der Waals surface area contributed by atoms with Gasteiger partial charge in [0.1, 0.15) is 6.10 Å². The Kier molecular flexibility index (Phi) is 5.27. The lowest BCUT2D eigenvalue weighted by atomic mass is 10.2. The van der Waals surface area contributed by atoms with Crippen molar-refractivity contribution in [3.05, 3.63) is 23.8 Å². The number of amides is 1. The molecule has 0 saturated carbocycles. The topological polar surface area (TPSA) is 60.0 Å². The van der Waals surface area contributed by atoms with Crippen molar-refractivity contribution < 1.29 is 19.0 Å². The van der Waals surface area contributed by atoms with Gasteiger partial charge in [-0.1, -0.05) is 6.07 Å². The zero-order valence-corrected chi connectivity index (χ0v) is 12.6. The number of hydrogen-bond donors (Lipinski definition) is 1. The van der Waals surface area contributed by atoms with Crippen molar-refractivity contribution in [2.45, 2.75) is 12.6 Å². The molecule has 21 heavy (non-hydrogen) atoms. The summed E-state index contributed by atoms with van der Waals surface area (Å²) in [5.74, 6) is 1.48. The van der Waals surface area contributed by atoms with Crippen LogP contribution in [0.3, 0.4) is 0 Å². The molecule has 1 unspecified atom stereocenters. The maximum atomic E-state index is 12.2. The molecule has 0 aliphatic carbocycles. The summed E-state index contributed by atoms with van der Waals surface area (Å²) < 4.78 is 16.1. The van der Waals surface area contributed by atoms with Crippen LogP contribution in [0.25, 0.3) is 0 Å². The Morgan fingerprint density at radius 3 is 2.95 bits per heavy atom. The van der Waals surface area contributed by atoms with Gasteiger partial charge in [0, 0.05) is 26.7 Å². The van der Waals surface area contributed by atoms with E-state index in [-0.39, 0.29) is 31.2 Å². The predicted octanol–water partition coefficient (Wildman–Crippen LogP) is 0.784. The average Bonchev–Trinajstić information content (AvgIpc) is 2.95. The number of rotatable bonds is 3. The zero-order valence-electron chi connectivity index (χ0n) is 11.8. The van der Waals surface area contributed by atoms with E-state index in [0.717, 1.165) is 23.6 Å². The Labute approximate surface area is 129 Å². The van der Waals surface area contributed by atoms with E-state index in [0.29, 0.717) is 19.7 Å². The van der Waals surface area contributed by atoms with Crippen LogP contribution >= 0.6 is 12.4 Å². The van der Waals surface area contributed by atoms with Gasteiger partial charge in [0.25, 0.3) is 5.91 Å². The summed E-state index contributed by atoms with van der Waals surface area (Å²) in [6.07, 6.45) is -0.386. The highest BCUT2D eigenvalue weighted by Gasteiger charge is 2.25. The van der Waals surface area contributed by atoms with E-state index < -0.39 is 0 Å². The second kappa shape index (κ2) is 6.98. The average molecular weight is 315 g/mol. The van der Waals surface area contributed by atoms with E-state index in [1.165, 1.54) is 0 Å². The number of nitrogens with one attached hydrogen (secondary N) is 1. The maximum absolute atomic E-state index is 12.2. The molecule has 1 aromatic rings. The molecule has 6 nitrogen and oxygen atoms in total. The second-order valence-electron chi connectivity index (χ2n) is 4.95. The van der Waals surface area contributed by atoms with Crippen molar-refractivity contribution in [3.63, 3.8) is 0 Å². The van der Waals surface area contributed by atoms with Crippen LogP contribution in [0.2, 0.25) is 0 Å². The van der Waals surface area contributed by atoms with E-state index in [1.807, 2.05) is 18.2 Å². The smallest absolute Gasteiger partial charge is 0.253 e. The van der Waals surface area contributed by atoms with Gasteiger partial charge in [0.15, 0.2) is 11.5 Å². The molecule has 1 atom stereocenters. The zero-order chi connectivity index (χ0) is 13.9. The van der Waals surface area contributed by atoms with Gasteiger partial charge in [0.05, 0.1) is 6.61 Å². The van der Waals surface area contributed by atoms with Gasteiger partial charge in [-0.05, 0) is 17.7 Å². The molecule has 2 heterocycles. The molecule has 0 aromatic heterocycles. The monoisotopic (exact) mass is 314 g/mol. The Balaban J connectivity index is 0.00000161. The molecule has 116 valence electrons. The fourth-order valence-corrected chi connectivity index (χ4v) is 2.36. The number of morpholine rings is 1. The van der Waals surface area contributed by atoms with Crippen molar-refractivity contribution in [3.8, 4) is 11.5 Å². The minimum absolute atomic E-state index is 0. The molecule has 3 rings (SSSR count). The normalized spacial score (nSPS) is 19.8. The number of halogens is 1. The molecule has 1 N–H and O–H groups in total. The second-order valence-corrected chi connectivity index (χ2v) is 4.95. The molecule has 2 aliphatic rings. The van der Waals surface area contributed by atoms with Gasteiger partial charge in [-0.15, -0.1) is 12.4 Å². The maximum Gasteiger partial charge on any atom is 0.253 e. The van der Waals surface area contributed by atoms with Crippen molar-refractivity contribution in [1.82, 2.24) is 10.2 Å². The van der Waals surface area contributed by atoms with Crippen molar-refractivity contribution in [2.75, 3.05) is 33.5 Å². The minimum Gasteiger partial charge on any atom is -0.454 e. The summed E-state index contributed by atoms with van der Waals surface area (Å²) in [4.78, 5) is 13.9. The Morgan fingerprint density at radius 2 is 2.19 bits per heavy atom. The fraction of sp³-hybridized carbons (Fsp3) is 0.500. The Morgan fingerprint density at radius 1 is 1.38 bits per heavy atom. The first-order valence-electron chi connectivity index (χ1n) is 6.70. The van der Waals surface area contributed by atoms with Gasteiger partial charge in [-0.3, -0.25) is 4.79 Å². The fourth-order valence-electron chi connectivity index (χ4n) is 2.36. The first kappa shape index (κ1) is 15.9. The van der Waals surface area contributed by atoms with Gasteiger partial charge >= 0.3 is 0 Å². The van der Waals surface area contributed by atoms with Crippen LogP contribution in [0, 0.1) is 0 Å². The number of ether oxygens (including phenoxy) is 3. The lowest BCUT2D eigenvalue weighted by Crippen LogP contribution is -2.48. The third-order valence-corrected chi connectivity index (χ3v) is 3.44. The number of carbonyl (C=O) groups is 1. The quantitative estimate of drug-likeness (QED) is 0.893. The molecule has 1 fully saturated rings. The number of fused-ring (bicyclic) bond motifs is 1. The summed E-state index contributed by atoms with van der Waals surface area (Å²) in [6.45, 7) is 2.73. The molecular formula is C14H19ClN2O4. The Hall–Kier alpha value is -1.50. The third-order valence-electron chi connectivity index (χ3n) is 3.44. The number of likely N-dealkylation sites (N-methyl/N-ethyl adjacent to an activating group) is 1. The highest BCUT2D eigenvalue weighted by molar-refractivity contribution is 5.85. The van der Waals surface area contributed by atoms with Gasteiger partial charge < -0.3 is 24.4 Å². The molecule has 1 saturated heterocycles. The predicted molar refractivity (Wildman–Crippen MR) is 78.9 cm³/mol. The van der Waals surface area contributed by atoms with E-state index in [1.54, 1.807) is 11.9 Å². The van der Waals surface area contributed by atoms with Crippen molar-refractivity contribution >= 4 is 18.3 Å². The lowest BCUT2D eigenvalue weighted by Gasteiger charge is -2.27. The van der Waals surface area contributed by atoms with Crippen LogP contribution in [0.4, 0.5) is 0 Å². The number of benzene rings is 1. The largest absolute Gasteiger partial charge is 0.454 e. The number of nitrogens with zero attached hydrogens (tertiary/aromatic N) is 1. The summed E-state index contributed by atoms with van der Waals surface area (Å²) in [5, 5.41) is 3.16. The van der Waals surface area contributed by atoms with Crippen LogP contribution in [0.15, 0.2) is 18.2 Å². The van der Waals surface area contributed by atoms with Crippen LogP contribution in [0.1, 0.15) is 5.56 Å². The lowest BCUT2D eigenvalue weighted by molar-refractivity contribution is -0.144. The highest BCUT2D eigenvalue weighted by atomic mass is 35.5. The van der Waals surface area contributed by atoms with Gasteiger partial charge in [0.2, 0.25) is 6.79 Å². The van der Waals surface area contributed by atoms with Crippen LogP contribution in [-0.2, 0) is 16.1 Å². The first-order valence-corrected chi connectivity index (χ1v) is 6.70. The summed E-state index contributed by atoms with van der Waals surface area (Å²) in [5.41, 5.74) is 1.01. The number of hydrogen-bond acceptors (Lipinski definition) is 5. The van der Waals surface area contributed by atoms with E-state index in [9.17, 15) is 4.79 Å². The highest BCUT2D eigenvalue weighted by Crippen LogP contribution is 2.32.